The molecule has 0 aliphatic heterocycles. The molecular weight excluding hydrogens is 270 g/mol. The molecule has 0 aliphatic rings. The highest BCUT2D eigenvalue weighted by Crippen LogP contribution is 2.24. The van der Waals surface area contributed by atoms with Gasteiger partial charge in [-0.15, -0.1) is 0 Å². The van der Waals surface area contributed by atoms with Crippen molar-refractivity contribution in [3.05, 3.63) is 22.3 Å². The average molecular weight is 281 g/mol. The summed E-state index contributed by atoms with van der Waals surface area (Å²) in [5, 5.41) is 10.9. The molecule has 0 aromatic carbocycles. The minimum atomic E-state index is -3.13. The largest absolute Gasteiger partial charge is 0.390 e. The number of hydrogen-bond acceptors (Lipinski definition) is 3. The summed E-state index contributed by atoms with van der Waals surface area (Å²) >= 11 is 3.24. The third kappa shape index (κ3) is 3.39. The van der Waals surface area contributed by atoms with Crippen LogP contribution in [0.2, 0.25) is 0 Å². The van der Waals surface area contributed by atoms with E-state index in [2.05, 4.69) is 26.2 Å². The number of nitrogens with one attached hydrogen (secondary N) is 1. The van der Waals surface area contributed by atoms with E-state index in [0.717, 1.165) is 5.56 Å². The van der Waals surface area contributed by atoms with Crippen LogP contribution in [-0.2, 0) is 0 Å². The Morgan fingerprint density at radius 3 is 2.87 bits per heavy atom. The molecule has 0 radical (unpaired) electrons. The van der Waals surface area contributed by atoms with Crippen LogP contribution in [0, 0.1) is 6.92 Å². The highest BCUT2D eigenvalue weighted by molar-refractivity contribution is 9.10. The number of aliphatic hydroxyl groups is 1. The zero-order valence-corrected chi connectivity index (χ0v) is 9.68. The smallest absolute Gasteiger partial charge is 0.287 e. The monoisotopic (exact) mass is 280 g/mol. The number of rotatable bonds is 4. The number of aryl methyl sites for hydroxylation is 1. The summed E-state index contributed by atoms with van der Waals surface area (Å²) in [6.45, 7) is 0.0170. The summed E-state index contributed by atoms with van der Waals surface area (Å²) in [7, 11) is 0. The van der Waals surface area contributed by atoms with Crippen LogP contribution in [0.5, 0.6) is 0 Å². The van der Waals surface area contributed by atoms with Crippen LogP contribution in [0.4, 0.5) is 14.6 Å². The van der Waals surface area contributed by atoms with E-state index in [0.29, 0.717) is 10.3 Å². The number of alkyl halides is 2. The molecule has 0 amide bonds. The first kappa shape index (κ1) is 12.3. The zero-order chi connectivity index (χ0) is 11.5. The van der Waals surface area contributed by atoms with Crippen molar-refractivity contribution in [3.8, 4) is 0 Å². The fourth-order valence-corrected chi connectivity index (χ4v) is 1.31. The topological polar surface area (TPSA) is 45.2 Å². The van der Waals surface area contributed by atoms with E-state index in [9.17, 15) is 8.78 Å². The van der Waals surface area contributed by atoms with Gasteiger partial charge in [0.05, 0.1) is 11.0 Å². The molecule has 1 aromatic heterocycles. The van der Waals surface area contributed by atoms with Gasteiger partial charge < -0.3 is 10.4 Å². The van der Waals surface area contributed by atoms with E-state index in [1.165, 1.54) is 6.20 Å². The maximum Gasteiger partial charge on any atom is 0.287 e. The van der Waals surface area contributed by atoms with Crippen LogP contribution in [0.15, 0.2) is 16.7 Å². The quantitative estimate of drug-likeness (QED) is 0.889. The van der Waals surface area contributed by atoms with E-state index in [1.807, 2.05) is 6.92 Å². The van der Waals surface area contributed by atoms with Crippen LogP contribution in [0.3, 0.4) is 0 Å². The third-order valence-electron chi connectivity index (χ3n) is 1.83. The van der Waals surface area contributed by atoms with Crippen LogP contribution in [0.1, 0.15) is 5.56 Å². The molecule has 0 fully saturated rings. The summed E-state index contributed by atoms with van der Waals surface area (Å²) in [6, 6.07) is 1.76. The molecule has 6 heteroatoms. The number of hydrogen-bond donors (Lipinski definition) is 2. The van der Waals surface area contributed by atoms with Gasteiger partial charge in [-0.05, 0) is 34.5 Å². The van der Waals surface area contributed by atoms with Gasteiger partial charge >= 0.3 is 0 Å². The summed E-state index contributed by atoms with van der Waals surface area (Å²) < 4.78 is 26.1. The maximum absolute atomic E-state index is 12.7. The predicted octanol–water partition coefficient (Wildman–Crippen LogP) is 2.19. The lowest BCUT2D eigenvalue weighted by Gasteiger charge is -2.15. The normalized spacial score (nSPS) is 11.5. The second-order valence-electron chi connectivity index (χ2n) is 3.16. The van der Waals surface area contributed by atoms with E-state index < -0.39 is 19.1 Å². The summed E-state index contributed by atoms with van der Waals surface area (Å²) in [5.74, 6) is -2.78. The highest BCUT2D eigenvalue weighted by Gasteiger charge is 2.27. The lowest BCUT2D eigenvalue weighted by molar-refractivity contribution is -0.0373. The molecule has 1 aromatic rings. The lowest BCUT2D eigenvalue weighted by atomic mass is 10.3. The Labute approximate surface area is 94.7 Å². The van der Waals surface area contributed by atoms with Gasteiger partial charge in [-0.25, -0.2) is 13.8 Å². The molecule has 0 saturated heterocycles. The van der Waals surface area contributed by atoms with Crippen LogP contribution in [0.25, 0.3) is 0 Å². The zero-order valence-electron chi connectivity index (χ0n) is 8.10. The number of anilines is 1. The average Bonchev–Trinajstić information content (AvgIpc) is 2.20. The van der Waals surface area contributed by atoms with Gasteiger partial charge in [-0.2, -0.15) is 0 Å². The van der Waals surface area contributed by atoms with Gasteiger partial charge in [-0.3, -0.25) is 0 Å². The van der Waals surface area contributed by atoms with Gasteiger partial charge in [0.1, 0.15) is 12.4 Å². The Hall–Kier alpha value is -0.750. The Kier molecular flexibility index (Phi) is 3.98. The van der Waals surface area contributed by atoms with Crippen molar-refractivity contribution in [2.75, 3.05) is 18.5 Å². The molecule has 0 saturated carbocycles. The molecular formula is C9H11BrF2N2O. The minimum absolute atomic E-state index is 0.350. The molecule has 1 rings (SSSR count). The van der Waals surface area contributed by atoms with E-state index in [1.54, 1.807) is 6.07 Å². The van der Waals surface area contributed by atoms with Gasteiger partial charge in [0, 0.05) is 6.20 Å². The molecule has 0 spiro atoms. The van der Waals surface area contributed by atoms with Gasteiger partial charge in [0.25, 0.3) is 5.92 Å². The van der Waals surface area contributed by atoms with E-state index >= 15 is 0 Å². The van der Waals surface area contributed by atoms with Crippen molar-refractivity contribution < 1.29 is 13.9 Å². The Morgan fingerprint density at radius 2 is 2.27 bits per heavy atom. The van der Waals surface area contributed by atoms with Crippen molar-refractivity contribution in [1.82, 2.24) is 4.98 Å². The molecule has 15 heavy (non-hydrogen) atoms. The Balaban J connectivity index is 2.70. The van der Waals surface area contributed by atoms with Crippen LogP contribution in [-0.4, -0.2) is 29.2 Å². The molecule has 1 heterocycles. The summed E-state index contributed by atoms with van der Waals surface area (Å²) in [5.41, 5.74) is 0.903. The number of nitrogens with zero attached hydrogens (tertiary/aromatic N) is 1. The van der Waals surface area contributed by atoms with Crippen molar-refractivity contribution in [3.63, 3.8) is 0 Å². The molecule has 0 aliphatic carbocycles. The second-order valence-corrected chi connectivity index (χ2v) is 3.95. The minimum Gasteiger partial charge on any atom is -0.390 e. The number of aromatic nitrogens is 1. The third-order valence-corrected chi connectivity index (χ3v) is 2.83. The van der Waals surface area contributed by atoms with Crippen molar-refractivity contribution in [2.24, 2.45) is 0 Å². The fraction of sp³-hybridized carbons (Fsp3) is 0.444. The Morgan fingerprint density at radius 1 is 1.60 bits per heavy atom. The SMILES string of the molecule is Cc1ccnc(NCC(F)(F)CO)c1Br. The first-order chi connectivity index (χ1) is 6.96. The summed E-state index contributed by atoms with van der Waals surface area (Å²) in [4.78, 5) is 3.90. The maximum atomic E-state index is 12.7. The van der Waals surface area contributed by atoms with E-state index in [-0.39, 0.29) is 0 Å². The Bertz CT molecular complexity index is 347. The first-order valence-corrected chi connectivity index (χ1v) is 5.09. The molecule has 0 bridgehead atoms. The van der Waals surface area contributed by atoms with E-state index in [4.69, 9.17) is 5.11 Å². The van der Waals surface area contributed by atoms with Gasteiger partial charge in [-0.1, -0.05) is 0 Å². The number of aliphatic hydroxyl groups excluding tert-OH is 1. The first-order valence-electron chi connectivity index (χ1n) is 4.30. The molecule has 2 N–H and O–H groups in total. The lowest BCUT2D eigenvalue weighted by Crippen LogP contribution is -2.31. The second kappa shape index (κ2) is 4.85. The fourth-order valence-electron chi connectivity index (χ4n) is 0.932. The number of pyridine rings is 1. The van der Waals surface area contributed by atoms with Crippen molar-refractivity contribution in [2.45, 2.75) is 12.8 Å². The molecule has 84 valence electrons. The summed E-state index contributed by atoms with van der Waals surface area (Å²) in [6.07, 6.45) is 1.53. The molecule has 3 nitrogen and oxygen atoms in total. The van der Waals surface area contributed by atoms with Gasteiger partial charge in [0.15, 0.2) is 0 Å². The predicted molar refractivity (Wildman–Crippen MR) is 57.2 cm³/mol. The van der Waals surface area contributed by atoms with Crippen LogP contribution < -0.4 is 5.32 Å². The van der Waals surface area contributed by atoms with Crippen molar-refractivity contribution >= 4 is 21.7 Å². The number of halogens is 3. The molecule has 0 atom stereocenters. The molecule has 0 unspecified atom stereocenters. The van der Waals surface area contributed by atoms with Gasteiger partial charge in [0.2, 0.25) is 0 Å². The standard InChI is InChI=1S/C9H11BrF2N2O/c1-6-2-3-13-8(7(6)10)14-4-9(11,12)5-15/h2-3,15H,4-5H2,1H3,(H,13,14). The van der Waals surface area contributed by atoms with Crippen LogP contribution >= 0.6 is 15.9 Å². The highest BCUT2D eigenvalue weighted by atomic mass is 79.9. The van der Waals surface area contributed by atoms with Crippen molar-refractivity contribution in [1.29, 1.82) is 0 Å².